The molecule has 0 aliphatic heterocycles. The molecule has 0 spiro atoms. The highest BCUT2D eigenvalue weighted by atomic mass is 16.2. The standard InChI is InChI=1S/C25H31N3O2/c1-6-27(22(29)16-25(3,4)5)18(2)23-26-21-15-11-10-14-20(21)24(30)28(23)17-19-12-8-7-9-13-19/h7-15,18H,6,16-17H2,1-5H3. The molecule has 1 unspecified atom stereocenters. The van der Waals surface area contributed by atoms with Crippen LogP contribution in [0.5, 0.6) is 0 Å². The van der Waals surface area contributed by atoms with Crippen LogP contribution in [-0.2, 0) is 11.3 Å². The topological polar surface area (TPSA) is 55.2 Å². The molecule has 0 N–H and O–H groups in total. The number of hydrogen-bond acceptors (Lipinski definition) is 3. The monoisotopic (exact) mass is 405 g/mol. The Morgan fingerprint density at radius 1 is 1.07 bits per heavy atom. The first-order valence-electron chi connectivity index (χ1n) is 10.5. The van der Waals surface area contributed by atoms with E-state index in [1.54, 1.807) is 4.57 Å². The fourth-order valence-corrected chi connectivity index (χ4v) is 3.78. The fourth-order valence-electron chi connectivity index (χ4n) is 3.78. The van der Waals surface area contributed by atoms with Crippen LogP contribution in [0.25, 0.3) is 10.9 Å². The van der Waals surface area contributed by atoms with E-state index in [-0.39, 0.29) is 22.9 Å². The minimum Gasteiger partial charge on any atom is -0.333 e. The van der Waals surface area contributed by atoms with E-state index < -0.39 is 0 Å². The van der Waals surface area contributed by atoms with E-state index in [0.717, 1.165) is 5.56 Å². The van der Waals surface area contributed by atoms with Crippen molar-refractivity contribution in [2.75, 3.05) is 6.54 Å². The number of rotatable bonds is 6. The Labute approximate surface area is 178 Å². The molecule has 0 aliphatic rings. The number of hydrogen-bond donors (Lipinski definition) is 0. The van der Waals surface area contributed by atoms with Gasteiger partial charge in [-0.25, -0.2) is 4.98 Å². The van der Waals surface area contributed by atoms with Crippen molar-refractivity contribution in [1.29, 1.82) is 0 Å². The first-order valence-corrected chi connectivity index (χ1v) is 10.5. The quantitative estimate of drug-likeness (QED) is 0.592. The maximum absolute atomic E-state index is 13.4. The molecule has 0 radical (unpaired) electrons. The van der Waals surface area contributed by atoms with Crippen LogP contribution >= 0.6 is 0 Å². The number of carbonyl (C=O) groups excluding carboxylic acids is 1. The first-order chi connectivity index (χ1) is 14.2. The molecule has 1 atom stereocenters. The van der Waals surface area contributed by atoms with Crippen LogP contribution < -0.4 is 5.56 Å². The van der Waals surface area contributed by atoms with Gasteiger partial charge in [-0.2, -0.15) is 0 Å². The van der Waals surface area contributed by atoms with Crippen molar-refractivity contribution in [2.24, 2.45) is 5.41 Å². The molecule has 30 heavy (non-hydrogen) atoms. The van der Waals surface area contributed by atoms with Crippen molar-refractivity contribution in [3.05, 3.63) is 76.3 Å². The van der Waals surface area contributed by atoms with Crippen molar-refractivity contribution in [2.45, 2.75) is 53.6 Å². The average molecular weight is 406 g/mol. The molecule has 2 aromatic carbocycles. The van der Waals surface area contributed by atoms with Gasteiger partial charge in [0.25, 0.3) is 5.56 Å². The Morgan fingerprint density at radius 2 is 1.70 bits per heavy atom. The summed E-state index contributed by atoms with van der Waals surface area (Å²) in [5.41, 5.74) is 1.50. The van der Waals surface area contributed by atoms with Crippen molar-refractivity contribution in [3.8, 4) is 0 Å². The van der Waals surface area contributed by atoms with Gasteiger partial charge in [-0.3, -0.25) is 14.2 Å². The number of aromatic nitrogens is 2. The second kappa shape index (κ2) is 8.82. The van der Waals surface area contributed by atoms with Gasteiger partial charge >= 0.3 is 0 Å². The van der Waals surface area contributed by atoms with Gasteiger partial charge in [0.15, 0.2) is 0 Å². The molecule has 158 valence electrons. The van der Waals surface area contributed by atoms with Gasteiger partial charge in [0, 0.05) is 13.0 Å². The summed E-state index contributed by atoms with van der Waals surface area (Å²) in [5, 5.41) is 0.591. The van der Waals surface area contributed by atoms with Crippen LogP contribution in [0.15, 0.2) is 59.4 Å². The van der Waals surface area contributed by atoms with Crippen molar-refractivity contribution >= 4 is 16.8 Å². The third-order valence-electron chi connectivity index (χ3n) is 5.26. The lowest BCUT2D eigenvalue weighted by Crippen LogP contribution is -2.39. The molecule has 0 saturated heterocycles. The summed E-state index contributed by atoms with van der Waals surface area (Å²) in [7, 11) is 0. The molecule has 0 aliphatic carbocycles. The predicted molar refractivity (Wildman–Crippen MR) is 121 cm³/mol. The molecular formula is C25H31N3O2. The molecule has 0 saturated carbocycles. The van der Waals surface area contributed by atoms with Crippen LogP contribution in [0.2, 0.25) is 0 Å². The SMILES string of the molecule is CCN(C(=O)CC(C)(C)C)C(C)c1nc2ccccc2c(=O)n1Cc1ccccc1. The van der Waals surface area contributed by atoms with Gasteiger partial charge in [-0.05, 0) is 37.0 Å². The Kier molecular flexibility index (Phi) is 6.40. The van der Waals surface area contributed by atoms with E-state index >= 15 is 0 Å². The lowest BCUT2D eigenvalue weighted by molar-refractivity contribution is -0.135. The van der Waals surface area contributed by atoms with E-state index in [1.165, 1.54) is 0 Å². The maximum atomic E-state index is 13.4. The summed E-state index contributed by atoms with van der Waals surface area (Å²) in [6, 6.07) is 17.0. The van der Waals surface area contributed by atoms with Crippen molar-refractivity contribution in [1.82, 2.24) is 14.5 Å². The van der Waals surface area contributed by atoms with Gasteiger partial charge in [0.1, 0.15) is 5.82 Å². The smallest absolute Gasteiger partial charge is 0.261 e. The van der Waals surface area contributed by atoms with E-state index in [9.17, 15) is 9.59 Å². The lowest BCUT2D eigenvalue weighted by atomic mass is 9.91. The zero-order valence-electron chi connectivity index (χ0n) is 18.6. The Hall–Kier alpha value is -2.95. The van der Waals surface area contributed by atoms with E-state index in [1.807, 2.05) is 73.3 Å². The highest BCUT2D eigenvalue weighted by Gasteiger charge is 2.27. The van der Waals surface area contributed by atoms with E-state index in [2.05, 4.69) is 20.8 Å². The zero-order chi connectivity index (χ0) is 21.9. The predicted octanol–water partition coefficient (Wildman–Crippen LogP) is 4.79. The van der Waals surface area contributed by atoms with Crippen LogP contribution in [-0.4, -0.2) is 26.9 Å². The van der Waals surface area contributed by atoms with Crippen molar-refractivity contribution in [3.63, 3.8) is 0 Å². The van der Waals surface area contributed by atoms with Gasteiger partial charge in [0.05, 0.1) is 23.5 Å². The zero-order valence-corrected chi connectivity index (χ0v) is 18.6. The maximum Gasteiger partial charge on any atom is 0.261 e. The molecule has 0 bridgehead atoms. The summed E-state index contributed by atoms with van der Waals surface area (Å²) < 4.78 is 1.72. The first kappa shape index (κ1) is 21.8. The summed E-state index contributed by atoms with van der Waals surface area (Å²) >= 11 is 0. The number of benzene rings is 2. The van der Waals surface area contributed by atoms with Crippen LogP contribution in [0, 0.1) is 5.41 Å². The molecule has 5 nitrogen and oxygen atoms in total. The minimum absolute atomic E-state index is 0.0752. The molecule has 1 amide bonds. The number of nitrogens with zero attached hydrogens (tertiary/aromatic N) is 3. The fraction of sp³-hybridized carbons (Fsp3) is 0.400. The number of carbonyl (C=O) groups is 1. The Bertz CT molecular complexity index is 1080. The Morgan fingerprint density at radius 3 is 2.33 bits per heavy atom. The molecule has 1 heterocycles. The summed E-state index contributed by atoms with van der Waals surface area (Å²) in [6.45, 7) is 11.1. The van der Waals surface area contributed by atoms with Gasteiger partial charge in [-0.1, -0.05) is 63.2 Å². The van der Waals surface area contributed by atoms with E-state index in [4.69, 9.17) is 4.98 Å². The van der Waals surface area contributed by atoms with Crippen molar-refractivity contribution < 1.29 is 4.79 Å². The summed E-state index contributed by atoms with van der Waals surface area (Å²) in [6.07, 6.45) is 0.446. The van der Waals surface area contributed by atoms with Crippen LogP contribution in [0.4, 0.5) is 0 Å². The molecule has 0 fully saturated rings. The summed E-state index contributed by atoms with van der Waals surface area (Å²) in [5.74, 6) is 0.692. The van der Waals surface area contributed by atoms with Gasteiger partial charge in [0.2, 0.25) is 5.91 Å². The van der Waals surface area contributed by atoms with Crippen LogP contribution in [0.1, 0.15) is 58.5 Å². The van der Waals surface area contributed by atoms with Crippen LogP contribution in [0.3, 0.4) is 0 Å². The van der Waals surface area contributed by atoms with Gasteiger partial charge in [-0.15, -0.1) is 0 Å². The van der Waals surface area contributed by atoms with Gasteiger partial charge < -0.3 is 4.90 Å². The second-order valence-electron chi connectivity index (χ2n) is 8.96. The average Bonchev–Trinajstić information content (AvgIpc) is 2.70. The third kappa shape index (κ3) is 4.78. The highest BCUT2D eigenvalue weighted by molar-refractivity contribution is 5.78. The lowest BCUT2D eigenvalue weighted by Gasteiger charge is -2.31. The third-order valence-corrected chi connectivity index (χ3v) is 5.26. The van der Waals surface area contributed by atoms with E-state index in [0.29, 0.717) is 36.2 Å². The molecule has 3 rings (SSSR count). The highest BCUT2D eigenvalue weighted by Crippen LogP contribution is 2.25. The largest absolute Gasteiger partial charge is 0.333 e. The molecule has 3 aromatic rings. The molecule has 5 heteroatoms. The number of amides is 1. The second-order valence-corrected chi connectivity index (χ2v) is 8.96. The summed E-state index contributed by atoms with van der Waals surface area (Å²) in [4.78, 5) is 33.1. The number of fused-ring (bicyclic) bond motifs is 1. The normalized spacial score (nSPS) is 12.7. The number of para-hydroxylation sites is 1. The minimum atomic E-state index is -0.314. The Balaban J connectivity index is 2.11. The molecule has 1 aromatic heterocycles. The molecular weight excluding hydrogens is 374 g/mol.